The van der Waals surface area contributed by atoms with E-state index in [2.05, 4.69) is 50.2 Å². The van der Waals surface area contributed by atoms with Gasteiger partial charge in [0.05, 0.1) is 30.7 Å². The number of anilines is 2. The molecule has 8 heterocycles. The molecule has 2 aliphatic heterocycles. The number of aliphatic hydroxyl groups is 3. The number of fused-ring (bicyclic) bond motifs is 2. The molecule has 2 saturated heterocycles. The Labute approximate surface area is 313 Å². The second-order valence-electron chi connectivity index (χ2n) is 12.8. The van der Waals surface area contributed by atoms with Crippen molar-refractivity contribution in [3.8, 4) is 21.1 Å². The lowest BCUT2D eigenvalue weighted by atomic mass is 9.86. The summed E-state index contributed by atoms with van der Waals surface area (Å²) in [4.78, 5) is 22.5. The van der Waals surface area contributed by atoms with Gasteiger partial charge in [-0.1, -0.05) is 31.0 Å². The Morgan fingerprint density at radius 1 is 0.778 bits per heavy atom. The lowest BCUT2D eigenvalue weighted by molar-refractivity contribution is -0.0882. The Morgan fingerprint density at radius 3 is 1.69 bits per heavy atom. The minimum absolute atomic E-state index is 0.0407. The van der Waals surface area contributed by atoms with E-state index in [9.17, 15) is 15.3 Å². The molecule has 8 atom stereocenters. The molecule has 23 heteroatoms. The van der Waals surface area contributed by atoms with Crippen LogP contribution in [0.2, 0.25) is 0 Å². The minimum atomic E-state index is -1.57. The highest BCUT2D eigenvalue weighted by Gasteiger charge is 2.54. The van der Waals surface area contributed by atoms with Crippen LogP contribution >= 0.6 is 22.7 Å². The number of nitrogen functional groups attached to an aromatic ring is 2. The third kappa shape index (κ3) is 5.84. The summed E-state index contributed by atoms with van der Waals surface area (Å²) in [5, 5.41) is 51.6. The standard InChI is InChI=1S/C16H18N8O2S.C15H16N8O3S/c1-8-9(2)16(6-25,22-23-18)26-13(8)11-5-10(15-19-3-4-27-15)12-14(17)20-7-21-24(11)12;1-7-11(25)12(26-15(7,5-24)21-22-17)9-4-8(14-18-2-3-27-14)10-13(16)19-6-20-23(9)10/h3-5,7-9,13,25H,6H2,1-2H3,(H2,17,20,21);2-4,6-7,11-12,24-25H,5H2,1H3,(H2,16,19,20)/t8-,9+,13-,16-;7-,11-,12-,15+/m10/s1. The van der Waals surface area contributed by atoms with Gasteiger partial charge in [-0.05, 0) is 35.0 Å². The van der Waals surface area contributed by atoms with Crippen molar-refractivity contribution in [1.82, 2.24) is 39.2 Å². The molecular formula is C31H34N16O5S2. The van der Waals surface area contributed by atoms with Gasteiger partial charge in [-0.2, -0.15) is 10.2 Å². The van der Waals surface area contributed by atoms with Crippen molar-refractivity contribution in [2.45, 2.75) is 50.5 Å². The number of hydrogen-bond donors (Lipinski definition) is 5. The summed E-state index contributed by atoms with van der Waals surface area (Å²) in [5.74, 6) is -0.289. The number of aromatic nitrogens is 8. The zero-order valence-corrected chi connectivity index (χ0v) is 30.5. The number of nitrogens with zero attached hydrogens (tertiary/aromatic N) is 14. The maximum absolute atomic E-state index is 10.8. The summed E-state index contributed by atoms with van der Waals surface area (Å²) in [7, 11) is 0. The lowest BCUT2D eigenvalue weighted by Gasteiger charge is -2.25. The predicted molar refractivity (Wildman–Crippen MR) is 196 cm³/mol. The second-order valence-corrected chi connectivity index (χ2v) is 14.6. The summed E-state index contributed by atoms with van der Waals surface area (Å²) < 4.78 is 15.2. The van der Waals surface area contributed by atoms with E-state index in [1.54, 1.807) is 29.9 Å². The summed E-state index contributed by atoms with van der Waals surface area (Å²) >= 11 is 2.91. The SMILES string of the molecule is C[C@H]1[C@H](O)[C@H](c2cc(-c3nccs3)c3c(N)ncnn23)O[C@@]1(CO)N=[N+]=[N-].C[C@H]1[C@H](c2cc(-c3nccs3)c3c(N)ncnn23)O[C@@](CO)(N=[N+]=[N-])[C@H]1C. The number of thiazole rings is 2. The van der Waals surface area contributed by atoms with Crippen molar-refractivity contribution in [3.05, 3.63) is 80.2 Å². The number of ether oxygens (including phenoxy) is 2. The number of nitrogens with two attached hydrogens (primary N) is 2. The van der Waals surface area contributed by atoms with Crippen LogP contribution in [0.15, 0.2) is 58.2 Å². The Balaban J connectivity index is 0.000000167. The first-order valence-corrected chi connectivity index (χ1v) is 18.2. The van der Waals surface area contributed by atoms with Crippen molar-refractivity contribution in [3.63, 3.8) is 0 Å². The lowest BCUT2D eigenvalue weighted by Crippen LogP contribution is -2.37. The van der Waals surface area contributed by atoms with Crippen LogP contribution in [0.4, 0.5) is 11.6 Å². The molecule has 0 bridgehead atoms. The first-order valence-electron chi connectivity index (χ1n) is 16.5. The molecule has 0 unspecified atom stereocenters. The van der Waals surface area contributed by atoms with Gasteiger partial charge < -0.3 is 36.3 Å². The third-order valence-electron chi connectivity index (χ3n) is 10.2. The van der Waals surface area contributed by atoms with Crippen LogP contribution in [-0.4, -0.2) is 85.3 Å². The molecule has 7 N–H and O–H groups in total. The average Bonchev–Trinajstić information content (AvgIpc) is 4.03. The van der Waals surface area contributed by atoms with Gasteiger partial charge >= 0.3 is 0 Å². The van der Waals surface area contributed by atoms with Crippen LogP contribution in [0.5, 0.6) is 0 Å². The molecule has 0 aromatic carbocycles. The fourth-order valence-corrected chi connectivity index (χ4v) is 8.34. The summed E-state index contributed by atoms with van der Waals surface area (Å²) in [6, 6.07) is 3.69. The first kappa shape index (κ1) is 36.9. The summed E-state index contributed by atoms with van der Waals surface area (Å²) in [5.41, 5.74) is 31.0. The van der Waals surface area contributed by atoms with E-state index in [0.29, 0.717) is 33.1 Å². The Morgan fingerprint density at radius 2 is 1.24 bits per heavy atom. The highest BCUT2D eigenvalue weighted by atomic mass is 32.1. The molecule has 0 radical (unpaired) electrons. The minimum Gasteiger partial charge on any atom is -0.393 e. The molecule has 280 valence electrons. The van der Waals surface area contributed by atoms with Gasteiger partial charge in [-0.15, -0.1) is 22.7 Å². The van der Waals surface area contributed by atoms with Gasteiger partial charge in [-0.25, -0.2) is 29.0 Å². The van der Waals surface area contributed by atoms with Crippen molar-refractivity contribution in [2.75, 3.05) is 24.7 Å². The van der Waals surface area contributed by atoms with E-state index >= 15 is 0 Å². The van der Waals surface area contributed by atoms with Crippen molar-refractivity contribution in [1.29, 1.82) is 0 Å². The molecule has 2 fully saturated rings. The molecule has 21 nitrogen and oxygen atoms in total. The van der Waals surface area contributed by atoms with Crippen molar-refractivity contribution >= 4 is 45.3 Å². The molecule has 0 spiro atoms. The number of aliphatic hydroxyl groups excluding tert-OH is 3. The fourth-order valence-electron chi connectivity index (χ4n) is 7.03. The van der Waals surface area contributed by atoms with E-state index in [4.69, 9.17) is 32.0 Å². The van der Waals surface area contributed by atoms with Crippen LogP contribution < -0.4 is 11.5 Å². The number of azide groups is 2. The molecule has 2 aliphatic rings. The van der Waals surface area contributed by atoms with Crippen LogP contribution in [0, 0.1) is 17.8 Å². The van der Waals surface area contributed by atoms with Gasteiger partial charge in [0.1, 0.15) is 45.9 Å². The van der Waals surface area contributed by atoms with Crippen molar-refractivity contribution in [2.24, 2.45) is 28.0 Å². The van der Waals surface area contributed by atoms with E-state index in [0.717, 1.165) is 16.3 Å². The maximum Gasteiger partial charge on any atom is 0.175 e. The van der Waals surface area contributed by atoms with Crippen LogP contribution in [0.3, 0.4) is 0 Å². The number of rotatable bonds is 8. The van der Waals surface area contributed by atoms with Gasteiger partial charge in [-0.3, -0.25) is 0 Å². The van der Waals surface area contributed by atoms with E-state index in [-0.39, 0.29) is 17.7 Å². The summed E-state index contributed by atoms with van der Waals surface area (Å²) in [6.45, 7) is 4.57. The molecular weight excluding hydrogens is 741 g/mol. The van der Waals surface area contributed by atoms with Gasteiger partial charge in [0.25, 0.3) is 0 Å². The molecule has 0 amide bonds. The largest absolute Gasteiger partial charge is 0.393 e. The average molecular weight is 775 g/mol. The second kappa shape index (κ2) is 14.4. The van der Waals surface area contributed by atoms with Crippen LogP contribution in [-0.2, 0) is 9.47 Å². The molecule has 54 heavy (non-hydrogen) atoms. The zero-order valence-electron chi connectivity index (χ0n) is 28.9. The van der Waals surface area contributed by atoms with Gasteiger partial charge in [0, 0.05) is 50.0 Å². The van der Waals surface area contributed by atoms with E-state index < -0.39 is 48.9 Å². The normalized spacial score (nSPS) is 27.7. The Hall–Kier alpha value is -5.48. The highest BCUT2D eigenvalue weighted by Crippen LogP contribution is 2.50. The van der Waals surface area contributed by atoms with E-state index in [1.165, 1.54) is 39.8 Å². The topological polar surface area (TPSA) is 315 Å². The molecule has 0 aliphatic carbocycles. The third-order valence-corrected chi connectivity index (χ3v) is 11.8. The maximum atomic E-state index is 10.8. The Bertz CT molecular complexity index is 2230. The smallest absolute Gasteiger partial charge is 0.175 e. The van der Waals surface area contributed by atoms with Crippen molar-refractivity contribution < 1.29 is 24.8 Å². The summed E-state index contributed by atoms with van der Waals surface area (Å²) in [6.07, 6.45) is 3.69. The van der Waals surface area contributed by atoms with Gasteiger partial charge in [0.2, 0.25) is 0 Å². The van der Waals surface area contributed by atoms with Crippen LogP contribution in [0.25, 0.3) is 53.1 Å². The first-order chi connectivity index (χ1) is 26.0. The zero-order chi connectivity index (χ0) is 38.4. The van der Waals surface area contributed by atoms with Crippen LogP contribution in [0.1, 0.15) is 44.4 Å². The van der Waals surface area contributed by atoms with Gasteiger partial charge in [0.15, 0.2) is 23.1 Å². The highest BCUT2D eigenvalue weighted by molar-refractivity contribution is 7.13. The molecule has 0 saturated carbocycles. The quantitative estimate of drug-likeness (QED) is 0.0820. The van der Waals surface area contributed by atoms with E-state index in [1.807, 2.05) is 30.7 Å². The predicted octanol–water partition coefficient (Wildman–Crippen LogP) is 4.28. The molecule has 8 rings (SSSR count). The molecule has 6 aromatic heterocycles. The monoisotopic (exact) mass is 774 g/mol. The molecule has 6 aromatic rings. The number of hydrogen-bond acceptors (Lipinski definition) is 17. The Kier molecular flexibility index (Phi) is 9.83. The fraction of sp³-hybridized carbons (Fsp3) is 0.419.